The van der Waals surface area contributed by atoms with Crippen LogP contribution in [0.1, 0.15) is 11.1 Å². The summed E-state index contributed by atoms with van der Waals surface area (Å²) in [6.45, 7) is 0.177. The number of nitro groups is 1. The molecule has 0 atom stereocenters. The number of non-ortho nitro benzene ring substituents is 1. The molecule has 208 valence electrons. The Morgan fingerprint density at radius 3 is 2.60 bits per heavy atom. The van der Waals surface area contributed by atoms with Crippen LogP contribution in [0.15, 0.2) is 104 Å². The van der Waals surface area contributed by atoms with E-state index in [4.69, 9.17) is 14.1 Å². The van der Waals surface area contributed by atoms with E-state index in [9.17, 15) is 14.9 Å². The minimum absolute atomic E-state index is 0.0142. The molecule has 0 spiro atoms. The molecule has 0 amide bonds. The molecule has 0 radical (unpaired) electrons. The van der Waals surface area contributed by atoms with Crippen LogP contribution in [0, 0.1) is 17.3 Å². The first-order chi connectivity index (χ1) is 20.3. The van der Waals surface area contributed by atoms with Crippen molar-refractivity contribution in [2.45, 2.75) is 6.61 Å². The molecule has 0 aliphatic heterocycles. The maximum Gasteiger partial charge on any atom is 0.282 e. The molecule has 0 fully saturated rings. The molecule has 0 aliphatic rings. The highest BCUT2D eigenvalue weighted by Gasteiger charge is 2.17. The van der Waals surface area contributed by atoms with Crippen molar-refractivity contribution in [1.29, 1.82) is 0 Å². The van der Waals surface area contributed by atoms with E-state index in [0.717, 1.165) is 22.6 Å². The Labute approximate surface area is 273 Å². The van der Waals surface area contributed by atoms with Crippen molar-refractivity contribution in [1.82, 2.24) is 9.66 Å². The number of ether oxygens (including phenoxy) is 1. The number of nitrogens with zero attached hydrogens (tertiary/aromatic N) is 4. The van der Waals surface area contributed by atoms with Crippen LogP contribution in [-0.2, 0) is 6.61 Å². The van der Waals surface area contributed by atoms with Crippen LogP contribution < -0.4 is 10.3 Å². The molecule has 0 saturated heterocycles. The van der Waals surface area contributed by atoms with Crippen molar-refractivity contribution in [2.75, 3.05) is 0 Å². The summed E-state index contributed by atoms with van der Waals surface area (Å²) in [6, 6.07) is 24.7. The Morgan fingerprint density at radius 2 is 1.81 bits per heavy atom. The molecule has 0 unspecified atom stereocenters. The third-order valence-electron chi connectivity index (χ3n) is 6.30. The molecule has 6 aromatic rings. The molecule has 9 nitrogen and oxygen atoms in total. The van der Waals surface area contributed by atoms with E-state index in [-0.39, 0.29) is 23.7 Å². The molecule has 0 saturated carbocycles. The van der Waals surface area contributed by atoms with Crippen LogP contribution >= 0.6 is 61.1 Å². The summed E-state index contributed by atoms with van der Waals surface area (Å²) in [4.78, 5) is 29.0. The van der Waals surface area contributed by atoms with Crippen LogP contribution in [0.3, 0.4) is 0 Å². The van der Waals surface area contributed by atoms with E-state index in [2.05, 4.69) is 66.2 Å². The summed E-state index contributed by atoms with van der Waals surface area (Å²) in [5, 5.41) is 17.0. The first-order valence-corrected chi connectivity index (χ1v) is 15.3. The fraction of sp³-hybridized carbons (Fsp3) is 0.0333. The van der Waals surface area contributed by atoms with Gasteiger partial charge in [0.15, 0.2) is 5.76 Å². The van der Waals surface area contributed by atoms with Gasteiger partial charge in [0.2, 0.25) is 5.82 Å². The third-order valence-corrected chi connectivity index (χ3v) is 8.40. The Morgan fingerprint density at radius 1 is 1.02 bits per heavy atom. The number of benzene rings is 4. The Hall–Kier alpha value is -3.63. The zero-order valence-electron chi connectivity index (χ0n) is 21.3. The Kier molecular flexibility index (Phi) is 8.09. The number of halogens is 3. The van der Waals surface area contributed by atoms with Gasteiger partial charge in [-0.2, -0.15) is 9.78 Å². The zero-order valence-corrected chi connectivity index (χ0v) is 27.2. The van der Waals surface area contributed by atoms with Crippen LogP contribution in [-0.4, -0.2) is 20.8 Å². The number of rotatable bonds is 7. The second-order valence-electron chi connectivity index (χ2n) is 9.14. The number of para-hydroxylation sites is 1. The summed E-state index contributed by atoms with van der Waals surface area (Å²) in [7, 11) is 0. The van der Waals surface area contributed by atoms with Crippen molar-refractivity contribution >= 4 is 94.9 Å². The fourth-order valence-corrected chi connectivity index (χ4v) is 6.85. The van der Waals surface area contributed by atoms with Crippen LogP contribution in [0.2, 0.25) is 0 Å². The molecular formula is C30H17BrI2N4O5. The largest absolute Gasteiger partial charge is 0.487 e. The quantitative estimate of drug-likeness (QED) is 0.0694. The van der Waals surface area contributed by atoms with Crippen molar-refractivity contribution in [2.24, 2.45) is 5.10 Å². The normalized spacial score (nSPS) is 11.5. The van der Waals surface area contributed by atoms with Gasteiger partial charge in [0.25, 0.3) is 11.2 Å². The van der Waals surface area contributed by atoms with E-state index in [1.165, 1.54) is 16.8 Å². The molecule has 2 aromatic heterocycles. The number of hydrogen-bond acceptors (Lipinski definition) is 7. The van der Waals surface area contributed by atoms with Gasteiger partial charge in [-0.3, -0.25) is 14.9 Å². The lowest BCUT2D eigenvalue weighted by atomic mass is 10.2. The van der Waals surface area contributed by atoms with Gasteiger partial charge in [0, 0.05) is 22.0 Å². The molecule has 12 heteroatoms. The fourth-order valence-electron chi connectivity index (χ4n) is 4.35. The van der Waals surface area contributed by atoms with Crippen LogP contribution in [0.4, 0.5) is 5.69 Å². The first-order valence-electron chi connectivity index (χ1n) is 12.4. The van der Waals surface area contributed by atoms with Gasteiger partial charge in [0.05, 0.1) is 29.2 Å². The summed E-state index contributed by atoms with van der Waals surface area (Å²) in [5.41, 5.74) is 2.33. The summed E-state index contributed by atoms with van der Waals surface area (Å²) in [5.74, 6) is 1.35. The zero-order chi connectivity index (χ0) is 29.4. The maximum atomic E-state index is 13.6. The monoisotopic (exact) mass is 846 g/mol. The highest BCUT2D eigenvalue weighted by Crippen LogP contribution is 2.31. The first kappa shape index (κ1) is 28.5. The van der Waals surface area contributed by atoms with E-state index < -0.39 is 4.92 Å². The molecule has 42 heavy (non-hydrogen) atoms. The SMILES string of the molecule is O=c1c2ccccc2nc(-c2cc3cc(Br)ccc3o2)n1N=Cc1cc(I)c(OCc2cccc([N+](=O)[O-])c2)c(I)c1. The Balaban J connectivity index is 1.35. The standard InChI is InChI=1S/C30H17BrI2N4O5/c31-20-8-9-26-19(13-20)14-27(42-26)29-35-25-7-2-1-6-22(25)30(38)36(29)34-15-18-11-23(32)28(24(33)12-18)41-16-17-4-3-5-21(10-17)37(39)40/h1-15H,16H2. The van der Waals surface area contributed by atoms with E-state index in [1.807, 2.05) is 42.5 Å². The van der Waals surface area contributed by atoms with Crippen LogP contribution in [0.5, 0.6) is 5.75 Å². The number of hydrogen-bond donors (Lipinski definition) is 0. The minimum atomic E-state index is -0.430. The van der Waals surface area contributed by atoms with Crippen molar-refractivity contribution < 1.29 is 14.1 Å². The maximum absolute atomic E-state index is 13.6. The lowest BCUT2D eigenvalue weighted by Gasteiger charge is -2.12. The number of fused-ring (bicyclic) bond motifs is 2. The van der Waals surface area contributed by atoms with Gasteiger partial charge in [-0.1, -0.05) is 40.2 Å². The van der Waals surface area contributed by atoms with Crippen molar-refractivity contribution in [3.05, 3.63) is 128 Å². The summed E-state index contributed by atoms with van der Waals surface area (Å²) in [6.07, 6.45) is 1.59. The van der Waals surface area contributed by atoms with Crippen LogP contribution in [0.25, 0.3) is 33.5 Å². The van der Waals surface area contributed by atoms with Gasteiger partial charge in [-0.05, 0) is 105 Å². The van der Waals surface area contributed by atoms with Gasteiger partial charge in [-0.25, -0.2) is 4.98 Å². The van der Waals surface area contributed by atoms with Gasteiger partial charge < -0.3 is 9.15 Å². The lowest BCUT2D eigenvalue weighted by molar-refractivity contribution is -0.384. The Bertz CT molecular complexity index is 2090. The van der Waals surface area contributed by atoms with Crippen molar-refractivity contribution in [3.63, 3.8) is 0 Å². The summed E-state index contributed by atoms with van der Waals surface area (Å²) >= 11 is 7.83. The van der Waals surface area contributed by atoms with E-state index in [1.54, 1.807) is 36.5 Å². The number of nitro benzene ring substituents is 1. The average molecular weight is 847 g/mol. The molecular weight excluding hydrogens is 830 g/mol. The average Bonchev–Trinajstić information content (AvgIpc) is 3.39. The molecule has 0 aliphatic carbocycles. The van der Waals surface area contributed by atoms with Gasteiger partial charge >= 0.3 is 0 Å². The summed E-state index contributed by atoms with van der Waals surface area (Å²) < 4.78 is 15.9. The third kappa shape index (κ3) is 5.83. The minimum Gasteiger partial charge on any atom is -0.487 e. The highest BCUT2D eigenvalue weighted by molar-refractivity contribution is 14.1. The number of aromatic nitrogens is 2. The molecule has 0 N–H and O–H groups in total. The van der Waals surface area contributed by atoms with Gasteiger partial charge in [0.1, 0.15) is 17.9 Å². The topological polar surface area (TPSA) is 113 Å². The molecule has 6 rings (SSSR count). The highest BCUT2D eigenvalue weighted by atomic mass is 127. The number of furan rings is 1. The second-order valence-corrected chi connectivity index (χ2v) is 12.4. The molecule has 2 heterocycles. The van der Waals surface area contributed by atoms with Crippen molar-refractivity contribution in [3.8, 4) is 17.3 Å². The second kappa shape index (κ2) is 11.9. The van der Waals surface area contributed by atoms with E-state index >= 15 is 0 Å². The predicted octanol–water partition coefficient (Wildman–Crippen LogP) is 8.15. The molecule has 0 bridgehead atoms. The smallest absolute Gasteiger partial charge is 0.282 e. The molecule has 4 aromatic carbocycles. The van der Waals surface area contributed by atoms with E-state index in [0.29, 0.717) is 33.6 Å². The lowest BCUT2D eigenvalue weighted by Crippen LogP contribution is -2.20. The van der Waals surface area contributed by atoms with Gasteiger partial charge in [-0.15, -0.1) is 0 Å². The predicted molar refractivity (Wildman–Crippen MR) is 181 cm³/mol.